The zero-order valence-corrected chi connectivity index (χ0v) is 18.0. The third-order valence-corrected chi connectivity index (χ3v) is 6.45. The number of methoxy groups -OCH3 is 1. The van der Waals surface area contributed by atoms with Gasteiger partial charge in [-0.15, -0.1) is 10.2 Å². The zero-order chi connectivity index (χ0) is 21.0. The fourth-order valence-corrected chi connectivity index (χ4v) is 4.72. The van der Waals surface area contributed by atoms with Crippen LogP contribution in [0.5, 0.6) is 5.75 Å². The van der Waals surface area contributed by atoms with Crippen molar-refractivity contribution in [3.05, 3.63) is 42.6 Å². The van der Waals surface area contributed by atoms with Gasteiger partial charge in [0, 0.05) is 30.9 Å². The van der Waals surface area contributed by atoms with Gasteiger partial charge >= 0.3 is 0 Å². The first-order valence-corrected chi connectivity index (χ1v) is 11.2. The fraction of sp³-hybridized carbons (Fsp3) is 0.458. The summed E-state index contributed by atoms with van der Waals surface area (Å²) in [4.78, 5) is 9.75. The quantitative estimate of drug-likeness (QED) is 0.612. The standard InChI is InChI=1S/C24H29N5O2/c1-30-20-9-7-18(8-10-20)23-26-27-24(31-23)21-6-5-13-25-22(21)29-16-11-19(12-17-29)28-14-3-2-4-15-28/h5-10,13,19H,2-4,11-12,14-17H2,1H3. The van der Waals surface area contributed by atoms with E-state index in [1.165, 1.54) is 45.2 Å². The molecule has 0 radical (unpaired) electrons. The second-order valence-corrected chi connectivity index (χ2v) is 8.33. The van der Waals surface area contributed by atoms with Crippen LogP contribution < -0.4 is 9.64 Å². The average Bonchev–Trinajstić information content (AvgIpc) is 3.35. The van der Waals surface area contributed by atoms with Crippen molar-refractivity contribution >= 4 is 5.82 Å². The summed E-state index contributed by atoms with van der Waals surface area (Å²) in [6.45, 7) is 4.53. The molecular formula is C24H29N5O2. The molecule has 0 spiro atoms. The van der Waals surface area contributed by atoms with Crippen LogP contribution in [0.1, 0.15) is 32.1 Å². The Morgan fingerprint density at radius 1 is 0.903 bits per heavy atom. The lowest BCUT2D eigenvalue weighted by molar-refractivity contribution is 0.141. The Bertz CT molecular complexity index is 989. The highest BCUT2D eigenvalue weighted by Crippen LogP contribution is 2.32. The monoisotopic (exact) mass is 419 g/mol. The maximum atomic E-state index is 6.04. The first kappa shape index (κ1) is 20.0. The van der Waals surface area contributed by atoms with Crippen LogP contribution >= 0.6 is 0 Å². The number of pyridine rings is 1. The molecule has 2 saturated heterocycles. The smallest absolute Gasteiger partial charge is 0.251 e. The maximum absolute atomic E-state index is 6.04. The molecule has 3 aromatic rings. The molecular weight excluding hydrogens is 390 g/mol. The number of hydrogen-bond acceptors (Lipinski definition) is 7. The van der Waals surface area contributed by atoms with Crippen LogP contribution in [-0.4, -0.2) is 59.4 Å². The highest BCUT2D eigenvalue weighted by atomic mass is 16.5. The predicted octanol–water partition coefficient (Wildman–Crippen LogP) is 4.26. The van der Waals surface area contributed by atoms with E-state index in [1.54, 1.807) is 7.11 Å². The molecule has 31 heavy (non-hydrogen) atoms. The number of benzene rings is 1. The topological polar surface area (TPSA) is 67.5 Å². The van der Waals surface area contributed by atoms with Crippen LogP contribution in [0.25, 0.3) is 22.9 Å². The normalized spacial score (nSPS) is 18.3. The van der Waals surface area contributed by atoms with E-state index in [0.717, 1.165) is 35.8 Å². The van der Waals surface area contributed by atoms with E-state index < -0.39 is 0 Å². The minimum atomic E-state index is 0.497. The molecule has 4 heterocycles. The Balaban J connectivity index is 1.32. The molecule has 2 aromatic heterocycles. The largest absolute Gasteiger partial charge is 0.497 e. The molecule has 7 nitrogen and oxygen atoms in total. The summed E-state index contributed by atoms with van der Waals surface area (Å²) in [5.74, 6) is 2.74. The van der Waals surface area contributed by atoms with Gasteiger partial charge in [-0.2, -0.15) is 0 Å². The van der Waals surface area contributed by atoms with Crippen molar-refractivity contribution in [3.8, 4) is 28.7 Å². The highest BCUT2D eigenvalue weighted by Gasteiger charge is 2.28. The summed E-state index contributed by atoms with van der Waals surface area (Å²) < 4.78 is 11.3. The Kier molecular flexibility index (Phi) is 5.84. The molecule has 2 aliphatic heterocycles. The number of likely N-dealkylation sites (tertiary alicyclic amines) is 1. The maximum Gasteiger partial charge on any atom is 0.251 e. The minimum absolute atomic E-state index is 0.497. The zero-order valence-electron chi connectivity index (χ0n) is 18.0. The molecule has 1 aromatic carbocycles. The molecule has 0 N–H and O–H groups in total. The Hall–Kier alpha value is -2.93. The van der Waals surface area contributed by atoms with Gasteiger partial charge in [0.2, 0.25) is 5.89 Å². The fourth-order valence-electron chi connectivity index (χ4n) is 4.72. The van der Waals surface area contributed by atoms with Crippen molar-refractivity contribution in [1.29, 1.82) is 0 Å². The van der Waals surface area contributed by atoms with Crippen molar-refractivity contribution in [3.63, 3.8) is 0 Å². The highest BCUT2D eigenvalue weighted by molar-refractivity contribution is 5.70. The molecule has 2 aliphatic rings. The van der Waals surface area contributed by atoms with Crippen LogP contribution in [0.4, 0.5) is 5.82 Å². The number of hydrogen-bond donors (Lipinski definition) is 0. The minimum Gasteiger partial charge on any atom is -0.497 e. The average molecular weight is 420 g/mol. The van der Waals surface area contributed by atoms with E-state index >= 15 is 0 Å². The molecule has 0 bridgehead atoms. The van der Waals surface area contributed by atoms with Crippen molar-refractivity contribution in [2.24, 2.45) is 0 Å². The number of nitrogens with zero attached hydrogens (tertiary/aromatic N) is 5. The number of rotatable bonds is 5. The molecule has 0 unspecified atom stereocenters. The summed E-state index contributed by atoms with van der Waals surface area (Å²) in [5, 5.41) is 8.59. The Morgan fingerprint density at radius 3 is 2.39 bits per heavy atom. The molecule has 0 amide bonds. The van der Waals surface area contributed by atoms with Crippen molar-refractivity contribution < 1.29 is 9.15 Å². The van der Waals surface area contributed by atoms with E-state index in [-0.39, 0.29) is 0 Å². The number of ether oxygens (including phenoxy) is 1. The van der Waals surface area contributed by atoms with E-state index in [1.807, 2.05) is 42.6 Å². The SMILES string of the molecule is COc1ccc(-c2nnc(-c3cccnc3N3CCC(N4CCCCC4)CC3)o2)cc1. The third kappa shape index (κ3) is 4.28. The molecule has 0 atom stereocenters. The van der Waals surface area contributed by atoms with Crippen molar-refractivity contribution in [1.82, 2.24) is 20.1 Å². The number of aromatic nitrogens is 3. The second kappa shape index (κ2) is 9.06. The first-order valence-electron chi connectivity index (χ1n) is 11.2. The molecule has 7 heteroatoms. The number of anilines is 1. The van der Waals surface area contributed by atoms with Crippen LogP contribution in [-0.2, 0) is 0 Å². The Morgan fingerprint density at radius 2 is 1.65 bits per heavy atom. The van der Waals surface area contributed by atoms with Gasteiger partial charge in [-0.3, -0.25) is 0 Å². The summed E-state index contributed by atoms with van der Waals surface area (Å²) >= 11 is 0. The first-order chi connectivity index (χ1) is 15.3. The molecule has 0 saturated carbocycles. The lowest BCUT2D eigenvalue weighted by Crippen LogP contribution is -2.47. The summed E-state index contributed by atoms with van der Waals surface area (Å²) in [7, 11) is 1.65. The summed E-state index contributed by atoms with van der Waals surface area (Å²) in [6, 6.07) is 12.3. The summed E-state index contributed by atoms with van der Waals surface area (Å²) in [5.41, 5.74) is 1.76. The van der Waals surface area contributed by atoms with Crippen molar-refractivity contribution in [2.75, 3.05) is 38.2 Å². The Labute approximate surface area is 183 Å². The van der Waals surface area contributed by atoms with Crippen LogP contribution in [0.2, 0.25) is 0 Å². The van der Waals surface area contributed by atoms with Gasteiger partial charge in [-0.05, 0) is 75.2 Å². The number of piperidine rings is 2. The third-order valence-electron chi connectivity index (χ3n) is 6.45. The van der Waals surface area contributed by atoms with Crippen LogP contribution in [0.3, 0.4) is 0 Å². The molecule has 5 rings (SSSR count). The van der Waals surface area contributed by atoms with Gasteiger partial charge in [0.15, 0.2) is 0 Å². The lowest BCUT2D eigenvalue weighted by atomic mass is 9.99. The van der Waals surface area contributed by atoms with Gasteiger partial charge in [-0.25, -0.2) is 4.98 Å². The molecule has 0 aliphatic carbocycles. The van der Waals surface area contributed by atoms with Gasteiger partial charge in [0.25, 0.3) is 5.89 Å². The lowest BCUT2D eigenvalue weighted by Gasteiger charge is -2.40. The van der Waals surface area contributed by atoms with Gasteiger partial charge < -0.3 is 19.0 Å². The summed E-state index contributed by atoms with van der Waals surface area (Å²) in [6.07, 6.45) is 8.27. The second-order valence-electron chi connectivity index (χ2n) is 8.33. The van der Waals surface area contributed by atoms with Gasteiger partial charge in [0.05, 0.1) is 12.7 Å². The van der Waals surface area contributed by atoms with Gasteiger partial charge in [-0.1, -0.05) is 6.42 Å². The van der Waals surface area contributed by atoms with Crippen molar-refractivity contribution in [2.45, 2.75) is 38.1 Å². The van der Waals surface area contributed by atoms with Gasteiger partial charge in [0.1, 0.15) is 11.6 Å². The molecule has 2 fully saturated rings. The van der Waals surface area contributed by atoms with Crippen LogP contribution in [0, 0.1) is 0 Å². The van der Waals surface area contributed by atoms with E-state index in [2.05, 4.69) is 25.0 Å². The molecule has 162 valence electrons. The van der Waals surface area contributed by atoms with E-state index in [9.17, 15) is 0 Å². The van der Waals surface area contributed by atoms with Crippen LogP contribution in [0.15, 0.2) is 47.0 Å². The van der Waals surface area contributed by atoms with E-state index in [0.29, 0.717) is 17.8 Å². The predicted molar refractivity (Wildman–Crippen MR) is 120 cm³/mol. The van der Waals surface area contributed by atoms with E-state index in [4.69, 9.17) is 9.15 Å².